The third-order valence-electron chi connectivity index (χ3n) is 3.62. The lowest BCUT2D eigenvalue weighted by Crippen LogP contribution is -2.30. The molecule has 0 aliphatic carbocycles. The highest BCUT2D eigenvalue weighted by Crippen LogP contribution is 2.23. The summed E-state index contributed by atoms with van der Waals surface area (Å²) < 4.78 is 13.5. The lowest BCUT2D eigenvalue weighted by atomic mass is 10.2. The average Bonchev–Trinajstić information content (AvgIpc) is 2.47. The van der Waals surface area contributed by atoms with Gasteiger partial charge in [-0.05, 0) is 39.0 Å². The van der Waals surface area contributed by atoms with Crippen LogP contribution in [0.25, 0.3) is 0 Å². The highest BCUT2D eigenvalue weighted by atomic mass is 19.1. The van der Waals surface area contributed by atoms with Gasteiger partial charge in [-0.1, -0.05) is 13.8 Å². The Bertz CT molecular complexity index is 464. The van der Waals surface area contributed by atoms with Crippen molar-refractivity contribution in [2.75, 3.05) is 37.6 Å². The molecule has 0 aromatic heterocycles. The summed E-state index contributed by atoms with van der Waals surface area (Å²) in [4.78, 5) is 14.5. The number of halogens is 1. The van der Waals surface area contributed by atoms with Gasteiger partial charge in [-0.3, -0.25) is 10.1 Å². The van der Waals surface area contributed by atoms with Gasteiger partial charge in [0.05, 0.1) is 11.0 Å². The van der Waals surface area contributed by atoms with E-state index in [4.69, 9.17) is 0 Å². The molecule has 0 saturated carbocycles. The summed E-state index contributed by atoms with van der Waals surface area (Å²) in [7, 11) is 0. The molecule has 0 aliphatic rings. The predicted molar refractivity (Wildman–Crippen MR) is 83.3 cm³/mol. The van der Waals surface area contributed by atoms with Crippen LogP contribution in [0.4, 0.5) is 15.8 Å². The van der Waals surface area contributed by atoms with Crippen molar-refractivity contribution >= 4 is 11.4 Å². The van der Waals surface area contributed by atoms with Gasteiger partial charge < -0.3 is 9.80 Å². The van der Waals surface area contributed by atoms with E-state index in [9.17, 15) is 14.5 Å². The second-order valence-electron chi connectivity index (χ2n) is 4.88. The van der Waals surface area contributed by atoms with E-state index < -0.39 is 10.7 Å². The van der Waals surface area contributed by atoms with E-state index in [-0.39, 0.29) is 5.69 Å². The Morgan fingerprint density at radius 1 is 1.10 bits per heavy atom. The predicted octanol–water partition coefficient (Wildman–Crippen LogP) is 3.29. The molecule has 0 saturated heterocycles. The van der Waals surface area contributed by atoms with Crippen LogP contribution in [0.3, 0.4) is 0 Å². The van der Waals surface area contributed by atoms with E-state index in [1.54, 1.807) is 0 Å². The largest absolute Gasteiger partial charge is 0.371 e. The number of hydrogen-bond donors (Lipinski definition) is 0. The van der Waals surface area contributed by atoms with Crippen molar-refractivity contribution in [3.05, 3.63) is 34.1 Å². The fourth-order valence-corrected chi connectivity index (χ4v) is 2.34. The molecule has 21 heavy (non-hydrogen) atoms. The van der Waals surface area contributed by atoms with Crippen LogP contribution in [-0.4, -0.2) is 42.5 Å². The molecule has 0 atom stereocenters. The number of nitro groups is 1. The van der Waals surface area contributed by atoms with Gasteiger partial charge in [0.2, 0.25) is 0 Å². The van der Waals surface area contributed by atoms with Crippen LogP contribution < -0.4 is 4.90 Å². The Morgan fingerprint density at radius 2 is 1.76 bits per heavy atom. The van der Waals surface area contributed by atoms with Gasteiger partial charge in [0, 0.05) is 24.8 Å². The van der Waals surface area contributed by atoms with Crippen molar-refractivity contribution in [3.63, 3.8) is 0 Å². The first kappa shape index (κ1) is 17.4. The second kappa shape index (κ2) is 8.56. The lowest BCUT2D eigenvalue weighted by molar-refractivity contribution is -0.385. The fourth-order valence-electron chi connectivity index (χ4n) is 2.34. The van der Waals surface area contributed by atoms with Crippen molar-refractivity contribution < 1.29 is 9.31 Å². The Balaban J connectivity index is 2.73. The van der Waals surface area contributed by atoms with Gasteiger partial charge in [0.25, 0.3) is 5.69 Å². The fraction of sp³-hybridized carbons (Fsp3) is 0.600. The van der Waals surface area contributed by atoms with Crippen molar-refractivity contribution in [2.24, 2.45) is 0 Å². The third kappa shape index (κ3) is 5.30. The van der Waals surface area contributed by atoms with Gasteiger partial charge in [0.1, 0.15) is 5.82 Å². The summed E-state index contributed by atoms with van der Waals surface area (Å²) in [5.74, 6) is -0.568. The molecule has 0 heterocycles. The molecule has 0 radical (unpaired) electrons. The molecular weight excluding hydrogens is 273 g/mol. The standard InChI is InChI=1S/C15H24FN3O2/c1-4-17(5-2)8-7-9-18(6-3)14-10-13(16)11-15(12-14)19(20)21/h10-12H,4-9H2,1-3H3. The maximum Gasteiger partial charge on any atom is 0.274 e. The maximum atomic E-state index is 13.5. The Hall–Kier alpha value is -1.69. The van der Waals surface area contributed by atoms with Crippen molar-refractivity contribution in [1.82, 2.24) is 4.90 Å². The van der Waals surface area contributed by atoms with E-state index in [0.717, 1.165) is 38.7 Å². The minimum atomic E-state index is -0.568. The lowest BCUT2D eigenvalue weighted by Gasteiger charge is -2.25. The van der Waals surface area contributed by atoms with Gasteiger partial charge in [-0.25, -0.2) is 4.39 Å². The molecule has 0 unspecified atom stereocenters. The van der Waals surface area contributed by atoms with Crippen LogP contribution in [0.2, 0.25) is 0 Å². The first-order valence-electron chi connectivity index (χ1n) is 7.44. The Labute approximate surface area is 125 Å². The number of benzene rings is 1. The number of anilines is 1. The second-order valence-corrected chi connectivity index (χ2v) is 4.88. The van der Waals surface area contributed by atoms with Crippen LogP contribution in [-0.2, 0) is 0 Å². The molecular formula is C15H24FN3O2. The summed E-state index contributed by atoms with van der Waals surface area (Å²) in [6.07, 6.45) is 0.944. The molecule has 0 fully saturated rings. The average molecular weight is 297 g/mol. The summed E-state index contributed by atoms with van der Waals surface area (Å²) >= 11 is 0. The molecule has 0 aliphatic heterocycles. The van der Waals surface area contributed by atoms with Crippen LogP contribution in [0.15, 0.2) is 18.2 Å². The van der Waals surface area contributed by atoms with Crippen molar-refractivity contribution in [3.8, 4) is 0 Å². The van der Waals surface area contributed by atoms with E-state index >= 15 is 0 Å². The van der Waals surface area contributed by atoms with E-state index in [1.165, 1.54) is 12.1 Å². The van der Waals surface area contributed by atoms with Crippen LogP contribution in [0, 0.1) is 15.9 Å². The normalized spacial score (nSPS) is 10.9. The molecule has 0 spiro atoms. The number of hydrogen-bond acceptors (Lipinski definition) is 4. The van der Waals surface area contributed by atoms with Gasteiger partial charge in [-0.15, -0.1) is 0 Å². The molecule has 118 valence electrons. The van der Waals surface area contributed by atoms with Crippen LogP contribution >= 0.6 is 0 Å². The SMILES string of the molecule is CCN(CC)CCCN(CC)c1cc(F)cc([N+](=O)[O-])c1. The third-order valence-corrected chi connectivity index (χ3v) is 3.62. The maximum absolute atomic E-state index is 13.5. The minimum Gasteiger partial charge on any atom is -0.371 e. The van der Waals surface area contributed by atoms with Crippen LogP contribution in [0.5, 0.6) is 0 Å². The minimum absolute atomic E-state index is 0.202. The molecule has 1 aromatic rings. The topological polar surface area (TPSA) is 49.6 Å². The highest BCUT2D eigenvalue weighted by Gasteiger charge is 2.13. The van der Waals surface area contributed by atoms with E-state index in [2.05, 4.69) is 18.7 Å². The summed E-state index contributed by atoms with van der Waals surface area (Å²) in [5.41, 5.74) is 0.371. The van der Waals surface area contributed by atoms with E-state index in [1.807, 2.05) is 11.8 Å². The van der Waals surface area contributed by atoms with Crippen molar-refractivity contribution in [2.45, 2.75) is 27.2 Å². The molecule has 1 aromatic carbocycles. The molecule has 0 N–H and O–H groups in total. The zero-order chi connectivity index (χ0) is 15.8. The first-order chi connectivity index (χ1) is 10.0. The summed E-state index contributed by atoms with van der Waals surface area (Å²) in [6.45, 7) is 10.7. The monoisotopic (exact) mass is 297 g/mol. The van der Waals surface area contributed by atoms with Crippen molar-refractivity contribution in [1.29, 1.82) is 0 Å². The smallest absolute Gasteiger partial charge is 0.274 e. The van der Waals surface area contributed by atoms with Gasteiger partial charge in [-0.2, -0.15) is 0 Å². The molecule has 0 bridgehead atoms. The summed E-state index contributed by atoms with van der Waals surface area (Å²) in [5, 5.41) is 10.8. The zero-order valence-corrected chi connectivity index (χ0v) is 13.0. The molecule has 1 rings (SSSR count). The van der Waals surface area contributed by atoms with Crippen LogP contribution in [0.1, 0.15) is 27.2 Å². The number of non-ortho nitro benzene ring substituents is 1. The number of nitrogens with zero attached hydrogens (tertiary/aromatic N) is 3. The summed E-state index contributed by atoms with van der Waals surface area (Å²) in [6, 6.07) is 3.74. The first-order valence-corrected chi connectivity index (χ1v) is 7.44. The van der Waals surface area contributed by atoms with E-state index in [0.29, 0.717) is 12.2 Å². The Kier molecular flexibility index (Phi) is 7.08. The quantitative estimate of drug-likeness (QED) is 0.518. The van der Waals surface area contributed by atoms with Gasteiger partial charge >= 0.3 is 0 Å². The molecule has 0 amide bonds. The molecule has 5 nitrogen and oxygen atoms in total. The highest BCUT2D eigenvalue weighted by molar-refractivity contribution is 5.53. The molecule has 6 heteroatoms. The number of nitro benzene ring substituents is 1. The Morgan fingerprint density at radius 3 is 2.29 bits per heavy atom. The zero-order valence-electron chi connectivity index (χ0n) is 13.0. The van der Waals surface area contributed by atoms with Gasteiger partial charge in [0.15, 0.2) is 0 Å². The number of rotatable bonds is 9.